The van der Waals surface area contributed by atoms with Crippen molar-refractivity contribution < 1.29 is 41.9 Å². The van der Waals surface area contributed by atoms with Gasteiger partial charge in [-0.2, -0.15) is 18.7 Å². The second kappa shape index (κ2) is 12.7. The van der Waals surface area contributed by atoms with Gasteiger partial charge in [-0.15, -0.1) is 11.3 Å². The molecule has 3 amide bonds. The van der Waals surface area contributed by atoms with Crippen molar-refractivity contribution in [1.82, 2.24) is 20.7 Å². The van der Waals surface area contributed by atoms with Gasteiger partial charge in [0.25, 0.3) is 17.7 Å². The Hall–Kier alpha value is -4.98. The van der Waals surface area contributed by atoms with Crippen LogP contribution in [0.15, 0.2) is 72.1 Å². The number of aryl methyl sites for hydroxylation is 1. The smallest absolute Gasteiger partial charge is 0.489 e. The van der Waals surface area contributed by atoms with Crippen LogP contribution in [0.5, 0.6) is 5.75 Å². The molecule has 5 rings (SSSR count). The van der Waals surface area contributed by atoms with Gasteiger partial charge in [-0.25, -0.2) is 4.79 Å². The summed E-state index contributed by atoms with van der Waals surface area (Å²) in [6.45, 7) is 1.83. The lowest BCUT2D eigenvalue weighted by molar-refractivity contribution is -0.207. The van der Waals surface area contributed by atoms with Crippen molar-refractivity contribution in [2.24, 2.45) is 5.92 Å². The van der Waals surface area contributed by atoms with Crippen molar-refractivity contribution in [3.05, 3.63) is 93.8 Å². The zero-order chi connectivity index (χ0) is 31.4. The normalized spacial score (nSPS) is 16.4. The molecule has 3 heterocycles. The lowest BCUT2D eigenvalue weighted by Crippen LogP contribution is -2.47. The molecule has 0 radical (unpaired) electrons. The number of benzene rings is 2. The van der Waals surface area contributed by atoms with E-state index in [2.05, 4.69) is 15.1 Å². The number of hydrogen-bond donors (Lipinski definition) is 2. The second-order valence-corrected chi connectivity index (χ2v) is 10.9. The summed E-state index contributed by atoms with van der Waals surface area (Å²) in [5, 5.41) is 5.33. The zero-order valence-electron chi connectivity index (χ0n) is 23.1. The number of carbonyl (C=O) groups excluding carboxylic acids is 4. The first-order valence-electron chi connectivity index (χ1n) is 13.3. The highest BCUT2D eigenvalue weighted by Gasteiger charge is 2.44. The number of para-hydroxylation sites is 1. The first-order valence-corrected chi connectivity index (χ1v) is 14.2. The third-order valence-electron chi connectivity index (χ3n) is 6.91. The third-order valence-corrected chi connectivity index (χ3v) is 7.77. The third kappa shape index (κ3) is 6.97. The molecular formula is C30H25F3N4O6S. The molecule has 1 fully saturated rings. The summed E-state index contributed by atoms with van der Waals surface area (Å²) in [5.41, 5.74) is 4.37. The molecule has 0 aliphatic carbocycles. The number of ether oxygens (including phenoxy) is 1. The standard InChI is InChI=1S/C30H25F3N4O6S/c1-17-13-19(21-5-2-3-6-23(21)34-17)16-42-20-10-8-18(9-11-20)26(38)35-24-15-37(28(40)25-7-4-12-44-25)14-22(24)27(39)36-43-29(41)30(31,32)33/h2-13,22,24H,14-16H2,1H3,(H,35,38)(H,36,39)/t22-,24+/m0/s1. The molecule has 2 N–H and O–H groups in total. The van der Waals surface area contributed by atoms with Crippen molar-refractivity contribution in [2.45, 2.75) is 25.7 Å². The van der Waals surface area contributed by atoms with Crippen LogP contribution in [0, 0.1) is 12.8 Å². The Kier molecular flexibility index (Phi) is 8.81. The lowest BCUT2D eigenvalue weighted by atomic mass is 10.0. The molecule has 14 heteroatoms. The van der Waals surface area contributed by atoms with E-state index in [1.165, 1.54) is 33.8 Å². The van der Waals surface area contributed by atoms with Gasteiger partial charge in [0.2, 0.25) is 0 Å². The molecule has 0 bridgehead atoms. The summed E-state index contributed by atoms with van der Waals surface area (Å²) in [7, 11) is 0. The first-order chi connectivity index (χ1) is 21.0. The Morgan fingerprint density at radius 2 is 1.77 bits per heavy atom. The molecule has 0 spiro atoms. The molecular weight excluding hydrogens is 601 g/mol. The molecule has 2 aromatic heterocycles. The van der Waals surface area contributed by atoms with Gasteiger partial charge in [-0.05, 0) is 54.8 Å². The number of likely N-dealkylation sites (tertiary alicyclic amines) is 1. The molecule has 2 atom stereocenters. The topological polar surface area (TPSA) is 127 Å². The number of fused-ring (bicyclic) bond motifs is 1. The van der Waals surface area contributed by atoms with Crippen LogP contribution >= 0.6 is 11.3 Å². The van der Waals surface area contributed by atoms with Gasteiger partial charge in [0, 0.05) is 35.3 Å². The summed E-state index contributed by atoms with van der Waals surface area (Å²) in [6.07, 6.45) is -5.32. The maximum atomic E-state index is 13.1. The van der Waals surface area contributed by atoms with Crippen molar-refractivity contribution in [2.75, 3.05) is 13.1 Å². The maximum Gasteiger partial charge on any atom is 0.493 e. The van der Waals surface area contributed by atoms with Crippen LogP contribution in [-0.2, 0) is 21.0 Å². The predicted octanol–water partition coefficient (Wildman–Crippen LogP) is 4.19. The molecule has 228 valence electrons. The number of rotatable bonds is 7. The highest BCUT2D eigenvalue weighted by atomic mass is 32.1. The Balaban J connectivity index is 1.25. The second-order valence-electron chi connectivity index (χ2n) is 9.98. The van der Waals surface area contributed by atoms with Crippen LogP contribution in [0.3, 0.4) is 0 Å². The van der Waals surface area contributed by atoms with E-state index < -0.39 is 41.8 Å². The van der Waals surface area contributed by atoms with Gasteiger partial charge in [0.1, 0.15) is 12.4 Å². The average Bonchev–Trinajstić information content (AvgIpc) is 3.69. The Bertz CT molecular complexity index is 1700. The van der Waals surface area contributed by atoms with Gasteiger partial charge in [0.05, 0.1) is 22.4 Å². The van der Waals surface area contributed by atoms with E-state index >= 15 is 0 Å². The molecule has 0 saturated carbocycles. The fourth-order valence-corrected chi connectivity index (χ4v) is 5.49. The molecule has 2 aromatic carbocycles. The quantitative estimate of drug-likeness (QED) is 0.295. The minimum absolute atomic E-state index is 0.103. The van der Waals surface area contributed by atoms with E-state index in [1.807, 2.05) is 37.3 Å². The molecule has 1 saturated heterocycles. The van der Waals surface area contributed by atoms with Gasteiger partial charge in [-0.3, -0.25) is 19.4 Å². The fourth-order valence-electron chi connectivity index (χ4n) is 4.80. The Labute approximate surface area is 252 Å². The van der Waals surface area contributed by atoms with E-state index in [-0.39, 0.29) is 25.3 Å². The van der Waals surface area contributed by atoms with E-state index in [1.54, 1.807) is 29.6 Å². The largest absolute Gasteiger partial charge is 0.493 e. The number of carbonyl (C=O) groups is 4. The van der Waals surface area contributed by atoms with E-state index in [9.17, 15) is 32.3 Å². The molecule has 4 aromatic rings. The highest BCUT2D eigenvalue weighted by molar-refractivity contribution is 7.12. The number of hydrogen-bond acceptors (Lipinski definition) is 8. The number of halogens is 3. The van der Waals surface area contributed by atoms with Crippen LogP contribution < -0.4 is 15.5 Å². The van der Waals surface area contributed by atoms with E-state index in [0.717, 1.165) is 22.2 Å². The van der Waals surface area contributed by atoms with Gasteiger partial charge >= 0.3 is 12.1 Å². The number of hydroxylamine groups is 1. The van der Waals surface area contributed by atoms with E-state index in [4.69, 9.17) is 4.74 Å². The summed E-state index contributed by atoms with van der Waals surface area (Å²) in [5.74, 6) is -5.42. The molecule has 10 nitrogen and oxygen atoms in total. The van der Waals surface area contributed by atoms with Crippen molar-refractivity contribution in [3.63, 3.8) is 0 Å². The highest BCUT2D eigenvalue weighted by Crippen LogP contribution is 2.24. The first kappa shape index (κ1) is 30.5. The summed E-state index contributed by atoms with van der Waals surface area (Å²) in [6, 6.07) is 18.2. The van der Waals surface area contributed by atoms with Gasteiger partial charge in [0.15, 0.2) is 0 Å². The SMILES string of the molecule is Cc1cc(COc2ccc(C(=O)N[C@@H]3CN(C(=O)c4cccs4)C[C@@H]3C(=O)NOC(=O)C(F)(F)F)cc2)c2ccccc2n1. The van der Waals surface area contributed by atoms with Crippen LogP contribution in [0.25, 0.3) is 10.9 Å². The molecule has 0 unspecified atom stereocenters. The number of alkyl halides is 3. The lowest BCUT2D eigenvalue weighted by Gasteiger charge is -2.19. The molecule has 44 heavy (non-hydrogen) atoms. The van der Waals surface area contributed by atoms with Crippen LogP contribution in [0.4, 0.5) is 13.2 Å². The maximum absolute atomic E-state index is 13.1. The summed E-state index contributed by atoms with van der Waals surface area (Å²) >= 11 is 1.17. The number of nitrogens with zero attached hydrogens (tertiary/aromatic N) is 2. The number of thiophene rings is 1. The van der Waals surface area contributed by atoms with E-state index in [0.29, 0.717) is 10.6 Å². The average molecular weight is 627 g/mol. The Morgan fingerprint density at radius 3 is 2.48 bits per heavy atom. The van der Waals surface area contributed by atoms with Crippen molar-refractivity contribution in [1.29, 1.82) is 0 Å². The van der Waals surface area contributed by atoms with Crippen LogP contribution in [-0.4, -0.2) is 58.9 Å². The fraction of sp³-hybridized carbons (Fsp3) is 0.233. The predicted molar refractivity (Wildman–Crippen MR) is 153 cm³/mol. The number of nitrogens with one attached hydrogen (secondary N) is 2. The minimum Gasteiger partial charge on any atom is -0.489 e. The minimum atomic E-state index is -5.32. The number of aromatic nitrogens is 1. The van der Waals surface area contributed by atoms with Crippen molar-refractivity contribution in [3.8, 4) is 5.75 Å². The van der Waals surface area contributed by atoms with Gasteiger partial charge in [-0.1, -0.05) is 24.3 Å². The zero-order valence-corrected chi connectivity index (χ0v) is 23.9. The molecule has 1 aliphatic heterocycles. The number of pyridine rings is 1. The summed E-state index contributed by atoms with van der Waals surface area (Å²) < 4.78 is 43.5. The van der Waals surface area contributed by atoms with Crippen LogP contribution in [0.2, 0.25) is 0 Å². The summed E-state index contributed by atoms with van der Waals surface area (Å²) in [4.78, 5) is 59.9. The molecule has 1 aliphatic rings. The van der Waals surface area contributed by atoms with Crippen LogP contribution in [0.1, 0.15) is 31.3 Å². The van der Waals surface area contributed by atoms with Crippen molar-refractivity contribution >= 4 is 45.9 Å². The monoisotopic (exact) mass is 626 g/mol. The number of amides is 3. The van der Waals surface area contributed by atoms with Gasteiger partial charge < -0.3 is 19.8 Å². The Morgan fingerprint density at radius 1 is 1.02 bits per heavy atom.